The van der Waals surface area contributed by atoms with Gasteiger partial charge in [0, 0.05) is 49.3 Å². The molecule has 1 aromatic carbocycles. The summed E-state index contributed by atoms with van der Waals surface area (Å²) < 4.78 is 11.7. The zero-order chi connectivity index (χ0) is 26.3. The SMILES string of the molecule is C=C(/N=C\C(=C/N)c1cc2nc(NC(=O)NCC)sc2cc1OC)N1CCC(C)(C(=O)OCC)CC1. The molecule has 194 valence electrons. The Morgan fingerprint density at radius 1 is 1.33 bits per heavy atom. The van der Waals surface area contributed by atoms with E-state index >= 15 is 0 Å². The molecule has 10 nitrogen and oxygen atoms in total. The molecule has 0 saturated carbocycles. The number of nitrogens with zero attached hydrogens (tertiary/aromatic N) is 3. The van der Waals surface area contributed by atoms with Crippen molar-refractivity contribution in [2.24, 2.45) is 16.1 Å². The number of carbonyl (C=O) groups excluding carboxylic acids is 2. The monoisotopic (exact) mass is 514 g/mol. The van der Waals surface area contributed by atoms with Crippen LogP contribution in [0.4, 0.5) is 9.93 Å². The summed E-state index contributed by atoms with van der Waals surface area (Å²) in [7, 11) is 1.58. The number of ether oxygens (including phenoxy) is 2. The summed E-state index contributed by atoms with van der Waals surface area (Å²) in [6, 6.07) is 3.41. The highest BCUT2D eigenvalue weighted by Gasteiger charge is 2.38. The normalized spacial score (nSPS) is 15.7. The third-order valence-corrected chi connectivity index (χ3v) is 7.04. The first-order valence-electron chi connectivity index (χ1n) is 11.9. The maximum absolute atomic E-state index is 12.3. The number of nitrogens with two attached hydrogens (primary N) is 1. The Kier molecular flexibility index (Phi) is 8.92. The van der Waals surface area contributed by atoms with Gasteiger partial charge in [0.05, 0.1) is 29.3 Å². The van der Waals surface area contributed by atoms with E-state index in [0.717, 1.165) is 4.70 Å². The van der Waals surface area contributed by atoms with E-state index in [9.17, 15) is 9.59 Å². The number of anilines is 1. The Hall–Kier alpha value is -3.60. The number of thiazole rings is 1. The lowest BCUT2D eigenvalue weighted by molar-refractivity contribution is -0.157. The van der Waals surface area contributed by atoms with Crippen LogP contribution in [0.5, 0.6) is 5.75 Å². The second kappa shape index (κ2) is 11.9. The molecule has 3 rings (SSSR count). The minimum atomic E-state index is -0.486. The Labute approximate surface area is 215 Å². The molecular formula is C25H34N6O4S. The first-order valence-corrected chi connectivity index (χ1v) is 12.7. The summed E-state index contributed by atoms with van der Waals surface area (Å²) in [5.74, 6) is 1.04. The van der Waals surface area contributed by atoms with Crippen LogP contribution in [-0.4, -0.2) is 61.4 Å². The van der Waals surface area contributed by atoms with Crippen molar-refractivity contribution in [2.75, 3.05) is 38.7 Å². The molecule has 36 heavy (non-hydrogen) atoms. The van der Waals surface area contributed by atoms with E-state index in [1.165, 1.54) is 17.5 Å². The molecule has 0 spiro atoms. The van der Waals surface area contributed by atoms with E-state index in [-0.39, 0.29) is 12.0 Å². The lowest BCUT2D eigenvalue weighted by Crippen LogP contribution is -2.42. The number of esters is 1. The van der Waals surface area contributed by atoms with Crippen molar-refractivity contribution >= 4 is 50.5 Å². The topological polar surface area (TPSA) is 131 Å². The number of rotatable bonds is 9. The highest BCUT2D eigenvalue weighted by atomic mass is 32.1. The summed E-state index contributed by atoms with van der Waals surface area (Å²) in [5.41, 5.74) is 7.51. The fourth-order valence-corrected chi connectivity index (χ4v) is 4.77. The fraction of sp³-hybridized carbons (Fsp3) is 0.440. The van der Waals surface area contributed by atoms with Crippen LogP contribution in [0, 0.1) is 5.41 Å². The number of hydrogen-bond donors (Lipinski definition) is 3. The number of nitrogens with one attached hydrogen (secondary N) is 2. The second-order valence-electron chi connectivity index (χ2n) is 8.59. The van der Waals surface area contributed by atoms with Gasteiger partial charge in [0.1, 0.15) is 11.6 Å². The zero-order valence-corrected chi connectivity index (χ0v) is 22.0. The van der Waals surface area contributed by atoms with Crippen molar-refractivity contribution in [3.63, 3.8) is 0 Å². The highest BCUT2D eigenvalue weighted by molar-refractivity contribution is 7.22. The largest absolute Gasteiger partial charge is 0.496 e. The molecule has 0 unspecified atom stereocenters. The first-order chi connectivity index (χ1) is 17.2. The van der Waals surface area contributed by atoms with Crippen molar-refractivity contribution in [3.05, 3.63) is 36.3 Å². The standard InChI is InChI=1S/C25H34N6O4S/c1-6-27-23(33)30-24-29-19-12-18(20(34-5)13-21(19)36-24)17(14-26)15-28-16(3)31-10-8-25(4,9-11-31)22(32)35-7-2/h12-15H,3,6-11,26H2,1-2,4-5H3,(H2,27,29,30,33)/b17-14+,28-15-. The number of amides is 2. The number of urea groups is 1. The zero-order valence-electron chi connectivity index (χ0n) is 21.2. The van der Waals surface area contributed by atoms with Crippen LogP contribution >= 0.6 is 11.3 Å². The Balaban J connectivity index is 1.74. The van der Waals surface area contributed by atoms with Gasteiger partial charge < -0.3 is 25.4 Å². The molecule has 1 aliphatic heterocycles. The molecule has 1 fully saturated rings. The third kappa shape index (κ3) is 6.14. The minimum Gasteiger partial charge on any atom is -0.496 e. The average molecular weight is 515 g/mol. The average Bonchev–Trinajstić information content (AvgIpc) is 3.25. The van der Waals surface area contributed by atoms with Gasteiger partial charge in [-0.3, -0.25) is 10.1 Å². The van der Waals surface area contributed by atoms with Crippen LogP contribution in [0.15, 0.2) is 35.7 Å². The summed E-state index contributed by atoms with van der Waals surface area (Å²) in [6.45, 7) is 11.9. The summed E-state index contributed by atoms with van der Waals surface area (Å²) in [4.78, 5) is 35.3. The summed E-state index contributed by atoms with van der Waals surface area (Å²) in [5, 5.41) is 5.90. The number of hydrogen-bond acceptors (Lipinski definition) is 9. The molecule has 4 N–H and O–H groups in total. The number of likely N-dealkylation sites (tertiary alicyclic amines) is 1. The number of benzene rings is 1. The molecule has 1 aliphatic rings. The molecule has 0 radical (unpaired) electrons. The molecule has 1 aromatic heterocycles. The van der Waals surface area contributed by atoms with Crippen molar-refractivity contribution < 1.29 is 19.1 Å². The van der Waals surface area contributed by atoms with E-state index in [4.69, 9.17) is 15.2 Å². The molecule has 0 bridgehead atoms. The van der Waals surface area contributed by atoms with Crippen LogP contribution < -0.4 is 21.1 Å². The van der Waals surface area contributed by atoms with Gasteiger partial charge in [0.2, 0.25) is 0 Å². The molecular weight excluding hydrogens is 480 g/mol. The highest BCUT2D eigenvalue weighted by Crippen LogP contribution is 2.36. The predicted molar refractivity (Wildman–Crippen MR) is 144 cm³/mol. The van der Waals surface area contributed by atoms with Crippen LogP contribution in [0.1, 0.15) is 39.2 Å². The van der Waals surface area contributed by atoms with Gasteiger partial charge in [0.25, 0.3) is 0 Å². The van der Waals surface area contributed by atoms with E-state index in [1.54, 1.807) is 13.3 Å². The fourth-order valence-electron chi connectivity index (χ4n) is 3.90. The van der Waals surface area contributed by atoms with E-state index < -0.39 is 5.41 Å². The van der Waals surface area contributed by atoms with E-state index in [0.29, 0.717) is 72.4 Å². The number of methoxy groups -OCH3 is 1. The number of allylic oxidation sites excluding steroid dienone is 1. The van der Waals surface area contributed by atoms with Gasteiger partial charge in [-0.2, -0.15) is 0 Å². The van der Waals surface area contributed by atoms with Gasteiger partial charge in [-0.15, -0.1) is 0 Å². The van der Waals surface area contributed by atoms with Crippen molar-refractivity contribution in [1.29, 1.82) is 0 Å². The van der Waals surface area contributed by atoms with Gasteiger partial charge in [0.15, 0.2) is 5.13 Å². The van der Waals surface area contributed by atoms with Crippen LogP contribution in [0.2, 0.25) is 0 Å². The van der Waals surface area contributed by atoms with Gasteiger partial charge in [-0.1, -0.05) is 17.9 Å². The lowest BCUT2D eigenvalue weighted by Gasteiger charge is -2.38. The van der Waals surface area contributed by atoms with Crippen LogP contribution in [-0.2, 0) is 9.53 Å². The second-order valence-corrected chi connectivity index (χ2v) is 9.62. The maximum atomic E-state index is 12.3. The smallest absolute Gasteiger partial charge is 0.321 e. The Morgan fingerprint density at radius 2 is 2.06 bits per heavy atom. The Bertz CT molecular complexity index is 1180. The number of fused-ring (bicyclic) bond motifs is 1. The molecule has 0 aliphatic carbocycles. The Morgan fingerprint density at radius 3 is 2.67 bits per heavy atom. The first kappa shape index (κ1) is 27.0. The summed E-state index contributed by atoms with van der Waals surface area (Å²) in [6.07, 6.45) is 4.43. The van der Waals surface area contributed by atoms with E-state index in [1.807, 2.05) is 37.8 Å². The number of carbonyl (C=O) groups is 2. The van der Waals surface area contributed by atoms with Crippen molar-refractivity contribution in [2.45, 2.75) is 33.6 Å². The number of aliphatic imine (C=N–C) groups is 1. The number of aromatic nitrogens is 1. The predicted octanol–water partition coefficient (Wildman–Crippen LogP) is 3.95. The van der Waals surface area contributed by atoms with E-state index in [2.05, 4.69) is 27.2 Å². The molecule has 0 atom stereocenters. The maximum Gasteiger partial charge on any atom is 0.321 e. The quantitative estimate of drug-likeness (QED) is 0.341. The van der Waals surface area contributed by atoms with Crippen LogP contribution in [0.25, 0.3) is 15.8 Å². The summed E-state index contributed by atoms with van der Waals surface area (Å²) >= 11 is 1.35. The van der Waals surface area contributed by atoms with Gasteiger partial charge in [-0.05, 0) is 39.7 Å². The van der Waals surface area contributed by atoms with Gasteiger partial charge >= 0.3 is 12.0 Å². The molecule has 11 heteroatoms. The molecule has 2 aromatic rings. The third-order valence-electron chi connectivity index (χ3n) is 6.11. The van der Waals surface area contributed by atoms with Crippen molar-refractivity contribution in [1.82, 2.24) is 15.2 Å². The minimum absolute atomic E-state index is 0.152. The number of piperidine rings is 1. The molecule has 2 amide bonds. The molecule has 2 heterocycles. The van der Waals surface area contributed by atoms with Gasteiger partial charge in [-0.25, -0.2) is 14.8 Å². The van der Waals surface area contributed by atoms with Crippen LogP contribution in [0.3, 0.4) is 0 Å². The molecule has 1 saturated heterocycles. The lowest BCUT2D eigenvalue weighted by atomic mass is 9.80. The van der Waals surface area contributed by atoms with Crippen molar-refractivity contribution in [3.8, 4) is 5.75 Å².